The lowest BCUT2D eigenvalue weighted by molar-refractivity contribution is -0.129. The zero-order valence-electron chi connectivity index (χ0n) is 15.6. The maximum absolute atomic E-state index is 13.0. The third-order valence-corrected chi connectivity index (χ3v) is 5.44. The molecule has 0 heterocycles. The molecule has 0 radical (unpaired) electrons. The lowest BCUT2D eigenvalue weighted by Crippen LogP contribution is -2.37. The van der Waals surface area contributed by atoms with Gasteiger partial charge in [0.15, 0.2) is 6.10 Å². The SMILES string of the molecule is CNS(=O)(=O)c1cccc(C(=O)O[C@@H](C)C(=O)N[C@H](C)c2ccc(F)cc2)c1. The van der Waals surface area contributed by atoms with E-state index in [9.17, 15) is 22.4 Å². The van der Waals surface area contributed by atoms with Gasteiger partial charge in [-0.15, -0.1) is 0 Å². The average molecular weight is 408 g/mol. The van der Waals surface area contributed by atoms with Crippen LogP contribution in [0.1, 0.15) is 35.8 Å². The highest BCUT2D eigenvalue weighted by atomic mass is 32.2. The molecule has 2 atom stereocenters. The fraction of sp³-hybridized carbons (Fsp3) is 0.263. The van der Waals surface area contributed by atoms with E-state index < -0.39 is 34.0 Å². The summed E-state index contributed by atoms with van der Waals surface area (Å²) in [6.45, 7) is 3.12. The minimum Gasteiger partial charge on any atom is -0.449 e. The van der Waals surface area contributed by atoms with Crippen molar-refractivity contribution in [1.29, 1.82) is 0 Å². The molecule has 150 valence electrons. The van der Waals surface area contributed by atoms with Gasteiger partial charge in [0.25, 0.3) is 5.91 Å². The largest absolute Gasteiger partial charge is 0.449 e. The van der Waals surface area contributed by atoms with Gasteiger partial charge in [-0.05, 0) is 56.8 Å². The Labute approximate surface area is 163 Å². The first kappa shape index (κ1) is 21.5. The predicted molar refractivity (Wildman–Crippen MR) is 101 cm³/mol. The van der Waals surface area contributed by atoms with E-state index in [0.29, 0.717) is 5.56 Å². The third-order valence-electron chi connectivity index (χ3n) is 4.03. The molecule has 2 N–H and O–H groups in total. The molecule has 0 aromatic heterocycles. The van der Waals surface area contributed by atoms with Gasteiger partial charge in [-0.1, -0.05) is 18.2 Å². The first-order valence-corrected chi connectivity index (χ1v) is 9.93. The minimum absolute atomic E-state index is 0.00237. The van der Waals surface area contributed by atoms with Crippen LogP contribution in [0.25, 0.3) is 0 Å². The topological polar surface area (TPSA) is 102 Å². The van der Waals surface area contributed by atoms with Crippen LogP contribution in [0.3, 0.4) is 0 Å². The number of hydrogen-bond acceptors (Lipinski definition) is 5. The third kappa shape index (κ3) is 5.37. The standard InChI is InChI=1S/C19H21FN2O5S/c1-12(14-7-9-16(20)10-8-14)22-18(23)13(2)27-19(24)15-5-4-6-17(11-15)28(25,26)21-3/h4-13,21H,1-3H3,(H,22,23)/t12-,13+/m1/s1. The van der Waals surface area contributed by atoms with Crippen LogP contribution < -0.4 is 10.0 Å². The van der Waals surface area contributed by atoms with E-state index in [1.807, 2.05) is 0 Å². The van der Waals surface area contributed by atoms with E-state index >= 15 is 0 Å². The van der Waals surface area contributed by atoms with Crippen molar-refractivity contribution in [2.24, 2.45) is 0 Å². The molecule has 0 spiro atoms. The van der Waals surface area contributed by atoms with Gasteiger partial charge in [0.1, 0.15) is 5.82 Å². The van der Waals surface area contributed by atoms with Crippen molar-refractivity contribution in [2.45, 2.75) is 30.9 Å². The summed E-state index contributed by atoms with van der Waals surface area (Å²) in [5.41, 5.74) is 0.695. The zero-order valence-corrected chi connectivity index (χ0v) is 16.4. The Morgan fingerprint density at radius 3 is 2.32 bits per heavy atom. The Morgan fingerprint density at radius 2 is 1.71 bits per heavy atom. The fourth-order valence-corrected chi connectivity index (χ4v) is 3.13. The second-order valence-electron chi connectivity index (χ2n) is 6.06. The molecular weight excluding hydrogens is 387 g/mol. The summed E-state index contributed by atoms with van der Waals surface area (Å²) >= 11 is 0. The molecule has 2 aromatic carbocycles. The summed E-state index contributed by atoms with van der Waals surface area (Å²) in [6, 6.07) is 10.5. The molecule has 0 saturated heterocycles. The Hall–Kier alpha value is -2.78. The van der Waals surface area contributed by atoms with Gasteiger partial charge in [0.05, 0.1) is 16.5 Å². The van der Waals surface area contributed by atoms with Gasteiger partial charge < -0.3 is 10.1 Å². The van der Waals surface area contributed by atoms with Crippen LogP contribution in [0.15, 0.2) is 53.4 Å². The highest BCUT2D eigenvalue weighted by molar-refractivity contribution is 7.89. The Kier molecular flexibility index (Phi) is 6.87. The molecule has 0 aliphatic carbocycles. The van der Waals surface area contributed by atoms with Gasteiger partial charge in [0.2, 0.25) is 10.0 Å². The number of esters is 1. The Bertz CT molecular complexity index is 961. The number of sulfonamides is 1. The van der Waals surface area contributed by atoms with E-state index in [4.69, 9.17) is 4.74 Å². The second kappa shape index (κ2) is 8.94. The molecular formula is C19H21FN2O5S. The molecule has 2 aromatic rings. The summed E-state index contributed by atoms with van der Waals surface area (Å²) in [6.07, 6.45) is -1.11. The lowest BCUT2D eigenvalue weighted by atomic mass is 10.1. The number of halogens is 1. The van der Waals surface area contributed by atoms with Crippen LogP contribution in [0.4, 0.5) is 4.39 Å². The molecule has 28 heavy (non-hydrogen) atoms. The van der Waals surface area contributed by atoms with Crippen molar-refractivity contribution in [3.8, 4) is 0 Å². The van der Waals surface area contributed by atoms with Crippen molar-refractivity contribution in [3.05, 3.63) is 65.5 Å². The van der Waals surface area contributed by atoms with Gasteiger partial charge in [-0.25, -0.2) is 22.3 Å². The fourth-order valence-electron chi connectivity index (χ4n) is 2.36. The van der Waals surface area contributed by atoms with E-state index in [0.717, 1.165) is 0 Å². The lowest BCUT2D eigenvalue weighted by Gasteiger charge is -2.18. The van der Waals surface area contributed by atoms with Gasteiger partial charge >= 0.3 is 5.97 Å². The maximum atomic E-state index is 13.0. The van der Waals surface area contributed by atoms with Crippen molar-refractivity contribution in [2.75, 3.05) is 7.05 Å². The summed E-state index contributed by atoms with van der Waals surface area (Å²) in [7, 11) is -2.45. The monoisotopic (exact) mass is 408 g/mol. The van der Waals surface area contributed by atoms with Crippen LogP contribution >= 0.6 is 0 Å². The van der Waals surface area contributed by atoms with Crippen molar-refractivity contribution in [1.82, 2.24) is 10.0 Å². The molecule has 0 aliphatic rings. The first-order chi connectivity index (χ1) is 13.1. The number of hydrogen-bond donors (Lipinski definition) is 2. The number of nitrogens with one attached hydrogen (secondary N) is 2. The van der Waals surface area contributed by atoms with Crippen LogP contribution in [0.2, 0.25) is 0 Å². The molecule has 0 unspecified atom stereocenters. The summed E-state index contributed by atoms with van der Waals surface area (Å²) in [5, 5.41) is 2.67. The number of carbonyl (C=O) groups is 2. The summed E-state index contributed by atoms with van der Waals surface area (Å²) in [4.78, 5) is 24.4. The van der Waals surface area contributed by atoms with Gasteiger partial charge in [-0.2, -0.15) is 0 Å². The van der Waals surface area contributed by atoms with E-state index in [1.54, 1.807) is 19.1 Å². The van der Waals surface area contributed by atoms with Crippen LogP contribution in [-0.2, 0) is 19.6 Å². The smallest absolute Gasteiger partial charge is 0.338 e. The average Bonchev–Trinajstić information content (AvgIpc) is 2.68. The molecule has 0 aliphatic heterocycles. The van der Waals surface area contributed by atoms with Gasteiger partial charge in [0, 0.05) is 0 Å². The van der Waals surface area contributed by atoms with Crippen LogP contribution in [0.5, 0.6) is 0 Å². The summed E-state index contributed by atoms with van der Waals surface area (Å²) < 4.78 is 43.9. The molecule has 7 nitrogen and oxygen atoms in total. The van der Waals surface area contributed by atoms with Crippen molar-refractivity contribution >= 4 is 21.9 Å². The van der Waals surface area contributed by atoms with Crippen molar-refractivity contribution in [3.63, 3.8) is 0 Å². The number of rotatable bonds is 7. The number of amides is 1. The Morgan fingerprint density at radius 1 is 1.07 bits per heavy atom. The van der Waals surface area contributed by atoms with E-state index in [1.165, 1.54) is 50.4 Å². The highest BCUT2D eigenvalue weighted by Gasteiger charge is 2.22. The second-order valence-corrected chi connectivity index (χ2v) is 7.95. The number of ether oxygens (including phenoxy) is 1. The molecule has 0 saturated carbocycles. The number of carbonyl (C=O) groups excluding carboxylic acids is 2. The maximum Gasteiger partial charge on any atom is 0.338 e. The van der Waals surface area contributed by atoms with Crippen molar-refractivity contribution < 1.29 is 27.1 Å². The van der Waals surface area contributed by atoms with Crippen LogP contribution in [-0.4, -0.2) is 33.4 Å². The Balaban J connectivity index is 2.02. The van der Waals surface area contributed by atoms with Crippen LogP contribution in [0, 0.1) is 5.82 Å². The predicted octanol–water partition coefficient (Wildman–Crippen LogP) is 2.16. The zero-order chi connectivity index (χ0) is 20.9. The summed E-state index contributed by atoms with van der Waals surface area (Å²) in [5.74, 6) is -1.75. The molecule has 0 bridgehead atoms. The van der Waals surface area contributed by atoms with Gasteiger partial charge in [-0.3, -0.25) is 4.79 Å². The highest BCUT2D eigenvalue weighted by Crippen LogP contribution is 2.15. The normalized spacial score (nSPS) is 13.4. The minimum atomic E-state index is -3.71. The molecule has 0 fully saturated rings. The quantitative estimate of drug-likeness (QED) is 0.684. The molecule has 9 heteroatoms. The van der Waals surface area contributed by atoms with E-state index in [2.05, 4.69) is 10.0 Å². The first-order valence-electron chi connectivity index (χ1n) is 8.44. The molecule has 2 rings (SSSR count). The number of benzene rings is 2. The van der Waals surface area contributed by atoms with E-state index in [-0.39, 0.29) is 16.3 Å². The molecule has 1 amide bonds.